The molecule has 146 valence electrons. The molecule has 0 aliphatic rings. The molecule has 4 rings (SSSR count). The number of nitrogens with zero attached hydrogens (tertiary/aromatic N) is 4. The number of hydrogen-bond donors (Lipinski definition) is 1. The average molecular weight is 406 g/mol. The van der Waals surface area contributed by atoms with Gasteiger partial charge in [0.1, 0.15) is 0 Å². The van der Waals surface area contributed by atoms with Crippen molar-refractivity contribution in [1.29, 1.82) is 0 Å². The van der Waals surface area contributed by atoms with Gasteiger partial charge in [-0.2, -0.15) is 5.10 Å². The van der Waals surface area contributed by atoms with Crippen LogP contribution in [0.15, 0.2) is 42.5 Å². The summed E-state index contributed by atoms with van der Waals surface area (Å²) in [6, 6.07) is 13.4. The highest BCUT2D eigenvalue weighted by atomic mass is 35.5. The number of halogens is 1. The minimum absolute atomic E-state index is 0.234. The molecule has 1 N–H and O–H groups in total. The normalized spacial score (nSPS) is 11.1. The summed E-state index contributed by atoms with van der Waals surface area (Å²) in [5.74, 6) is -0.318. The number of rotatable bonds is 3. The molecule has 0 aliphatic heterocycles. The fourth-order valence-electron chi connectivity index (χ4n) is 3.44. The number of amides is 1. The molecule has 2 heterocycles. The SMILES string of the molecule is Cc1ccc(NC(=O)c2nnc3c(-c4cccc(Cl)c4)c(C)nn3c2C)c(C)c1. The Bertz CT molecular complexity index is 1260. The zero-order valence-electron chi connectivity index (χ0n) is 16.6. The van der Waals surface area contributed by atoms with Crippen LogP contribution in [0.4, 0.5) is 5.69 Å². The number of fused-ring (bicyclic) bond motifs is 1. The van der Waals surface area contributed by atoms with Gasteiger partial charge in [-0.15, -0.1) is 10.2 Å². The van der Waals surface area contributed by atoms with E-state index in [9.17, 15) is 4.79 Å². The number of anilines is 1. The summed E-state index contributed by atoms with van der Waals surface area (Å²) in [6.45, 7) is 7.69. The van der Waals surface area contributed by atoms with Crippen LogP contribution in [-0.2, 0) is 0 Å². The number of nitrogens with one attached hydrogen (secondary N) is 1. The van der Waals surface area contributed by atoms with Crippen molar-refractivity contribution in [3.63, 3.8) is 0 Å². The quantitative estimate of drug-likeness (QED) is 0.524. The summed E-state index contributed by atoms with van der Waals surface area (Å²) in [5.41, 5.74) is 6.86. The molecule has 0 fully saturated rings. The highest BCUT2D eigenvalue weighted by molar-refractivity contribution is 6.30. The van der Waals surface area contributed by atoms with Crippen LogP contribution in [0.25, 0.3) is 16.8 Å². The van der Waals surface area contributed by atoms with E-state index in [-0.39, 0.29) is 11.6 Å². The number of carbonyl (C=O) groups is 1. The van der Waals surface area contributed by atoms with E-state index in [1.165, 1.54) is 0 Å². The molecular formula is C22H20ClN5O. The third-order valence-electron chi connectivity index (χ3n) is 4.90. The van der Waals surface area contributed by atoms with Crippen molar-refractivity contribution in [2.75, 3.05) is 5.32 Å². The Balaban J connectivity index is 1.76. The molecule has 0 unspecified atom stereocenters. The topological polar surface area (TPSA) is 72.2 Å². The van der Waals surface area contributed by atoms with Crippen LogP contribution < -0.4 is 5.32 Å². The largest absolute Gasteiger partial charge is 0.320 e. The third kappa shape index (κ3) is 3.47. The Morgan fingerprint density at radius 2 is 1.83 bits per heavy atom. The summed E-state index contributed by atoms with van der Waals surface area (Å²) < 4.78 is 1.66. The first-order chi connectivity index (χ1) is 13.8. The van der Waals surface area contributed by atoms with Gasteiger partial charge >= 0.3 is 0 Å². The second kappa shape index (κ2) is 7.29. The molecule has 0 spiro atoms. The van der Waals surface area contributed by atoms with E-state index >= 15 is 0 Å². The molecule has 0 atom stereocenters. The molecule has 2 aromatic carbocycles. The lowest BCUT2D eigenvalue weighted by Crippen LogP contribution is -2.19. The van der Waals surface area contributed by atoms with Gasteiger partial charge in [-0.25, -0.2) is 4.52 Å². The zero-order chi connectivity index (χ0) is 20.7. The molecule has 7 heteroatoms. The molecule has 29 heavy (non-hydrogen) atoms. The van der Waals surface area contributed by atoms with E-state index < -0.39 is 0 Å². The molecule has 0 aliphatic carbocycles. The van der Waals surface area contributed by atoms with E-state index in [1.54, 1.807) is 4.52 Å². The highest BCUT2D eigenvalue weighted by Gasteiger charge is 2.20. The Morgan fingerprint density at radius 3 is 2.55 bits per heavy atom. The standard InChI is InChI=1S/C22H20ClN5O/c1-12-8-9-18(13(2)10-12)24-22(29)20-15(4)28-21(26-25-20)19(14(3)27-28)16-6-5-7-17(23)11-16/h5-11H,1-4H3,(H,24,29). The predicted octanol–water partition coefficient (Wildman–Crippen LogP) is 4.93. The van der Waals surface area contributed by atoms with Crippen molar-refractivity contribution in [3.05, 3.63) is 75.7 Å². The van der Waals surface area contributed by atoms with E-state index in [4.69, 9.17) is 11.6 Å². The Labute approximate surface area is 173 Å². The molecule has 2 aromatic heterocycles. The molecule has 1 amide bonds. The fourth-order valence-corrected chi connectivity index (χ4v) is 3.63. The van der Waals surface area contributed by atoms with Crippen molar-refractivity contribution in [3.8, 4) is 11.1 Å². The summed E-state index contributed by atoms with van der Waals surface area (Å²) in [6.07, 6.45) is 0. The summed E-state index contributed by atoms with van der Waals surface area (Å²) in [5, 5.41) is 16.7. The van der Waals surface area contributed by atoms with Crippen LogP contribution in [-0.4, -0.2) is 25.7 Å². The Morgan fingerprint density at radius 1 is 1.03 bits per heavy atom. The average Bonchev–Trinajstić information content (AvgIpc) is 3.01. The lowest BCUT2D eigenvalue weighted by molar-refractivity contribution is 0.102. The molecule has 0 radical (unpaired) electrons. The zero-order valence-corrected chi connectivity index (χ0v) is 17.4. The van der Waals surface area contributed by atoms with Crippen molar-refractivity contribution in [2.45, 2.75) is 27.7 Å². The molecule has 0 saturated heterocycles. The number of carbonyl (C=O) groups excluding carboxylic acids is 1. The second-order valence-corrected chi connectivity index (χ2v) is 7.55. The number of aryl methyl sites for hydroxylation is 4. The fraction of sp³-hybridized carbons (Fsp3) is 0.182. The maximum absolute atomic E-state index is 12.8. The number of aromatic nitrogens is 4. The van der Waals surface area contributed by atoms with Crippen LogP contribution in [0, 0.1) is 27.7 Å². The van der Waals surface area contributed by atoms with Crippen molar-refractivity contribution in [2.24, 2.45) is 0 Å². The third-order valence-corrected chi connectivity index (χ3v) is 5.13. The van der Waals surface area contributed by atoms with Gasteiger partial charge in [-0.1, -0.05) is 41.4 Å². The molecule has 4 aromatic rings. The first-order valence-corrected chi connectivity index (χ1v) is 9.60. The maximum atomic E-state index is 12.8. The molecular weight excluding hydrogens is 386 g/mol. The lowest BCUT2D eigenvalue weighted by Gasteiger charge is -2.10. The van der Waals surface area contributed by atoms with E-state index in [2.05, 4.69) is 20.6 Å². The number of hydrogen-bond acceptors (Lipinski definition) is 4. The smallest absolute Gasteiger partial charge is 0.278 e. The van der Waals surface area contributed by atoms with Crippen LogP contribution in [0.2, 0.25) is 5.02 Å². The minimum atomic E-state index is -0.318. The van der Waals surface area contributed by atoms with Crippen LogP contribution in [0.1, 0.15) is 33.0 Å². The first kappa shape index (κ1) is 19.1. The van der Waals surface area contributed by atoms with Crippen molar-refractivity contribution < 1.29 is 4.79 Å². The van der Waals surface area contributed by atoms with Crippen LogP contribution >= 0.6 is 11.6 Å². The maximum Gasteiger partial charge on any atom is 0.278 e. The van der Waals surface area contributed by atoms with Gasteiger partial charge in [-0.3, -0.25) is 4.79 Å². The second-order valence-electron chi connectivity index (χ2n) is 7.11. The highest BCUT2D eigenvalue weighted by Crippen LogP contribution is 2.29. The minimum Gasteiger partial charge on any atom is -0.320 e. The van der Waals surface area contributed by atoms with Crippen LogP contribution in [0.3, 0.4) is 0 Å². The Kier molecular flexibility index (Phi) is 4.80. The van der Waals surface area contributed by atoms with Gasteiger partial charge in [0.15, 0.2) is 11.3 Å². The van der Waals surface area contributed by atoms with Gasteiger partial charge in [0, 0.05) is 10.7 Å². The summed E-state index contributed by atoms with van der Waals surface area (Å²) in [7, 11) is 0. The van der Waals surface area contributed by atoms with E-state index in [1.807, 2.05) is 70.2 Å². The monoisotopic (exact) mass is 405 g/mol. The van der Waals surface area contributed by atoms with E-state index in [0.717, 1.165) is 33.6 Å². The van der Waals surface area contributed by atoms with Gasteiger partial charge in [-0.05, 0) is 57.0 Å². The molecule has 6 nitrogen and oxygen atoms in total. The summed E-state index contributed by atoms with van der Waals surface area (Å²) >= 11 is 6.15. The molecule has 0 bridgehead atoms. The van der Waals surface area contributed by atoms with E-state index in [0.29, 0.717) is 16.4 Å². The van der Waals surface area contributed by atoms with Crippen LogP contribution in [0.5, 0.6) is 0 Å². The van der Waals surface area contributed by atoms with Gasteiger partial charge in [0.25, 0.3) is 5.91 Å². The summed E-state index contributed by atoms with van der Waals surface area (Å²) in [4.78, 5) is 12.8. The Hall–Kier alpha value is -3.25. The molecule has 0 saturated carbocycles. The first-order valence-electron chi connectivity index (χ1n) is 9.22. The lowest BCUT2D eigenvalue weighted by atomic mass is 10.1. The predicted molar refractivity (Wildman–Crippen MR) is 115 cm³/mol. The van der Waals surface area contributed by atoms with Crippen molar-refractivity contribution >= 4 is 28.8 Å². The van der Waals surface area contributed by atoms with Gasteiger partial charge < -0.3 is 5.32 Å². The van der Waals surface area contributed by atoms with Crippen molar-refractivity contribution in [1.82, 2.24) is 19.8 Å². The van der Waals surface area contributed by atoms with Gasteiger partial charge in [0.2, 0.25) is 0 Å². The van der Waals surface area contributed by atoms with Gasteiger partial charge in [0.05, 0.1) is 17.0 Å². The number of benzene rings is 2.